The van der Waals surface area contributed by atoms with Crippen molar-refractivity contribution in [2.45, 2.75) is 51.9 Å². The molecule has 0 saturated carbocycles. The fourth-order valence-electron chi connectivity index (χ4n) is 3.32. The minimum atomic E-state index is -4.50. The van der Waals surface area contributed by atoms with Crippen LogP contribution in [0, 0.1) is 0 Å². The second-order valence-corrected chi connectivity index (χ2v) is 9.78. The molecule has 2 aromatic carbocycles. The Kier molecular flexibility index (Phi) is 6.84. The van der Waals surface area contributed by atoms with Gasteiger partial charge in [-0.25, -0.2) is 0 Å². The molecule has 0 bridgehead atoms. The van der Waals surface area contributed by atoms with Gasteiger partial charge in [-0.2, -0.15) is 13.2 Å². The highest BCUT2D eigenvalue weighted by molar-refractivity contribution is 7.54. The zero-order valence-corrected chi connectivity index (χ0v) is 18.6. The third-order valence-corrected chi connectivity index (χ3v) is 6.91. The van der Waals surface area contributed by atoms with Gasteiger partial charge in [0.1, 0.15) is 0 Å². The van der Waals surface area contributed by atoms with Gasteiger partial charge in [-0.05, 0) is 52.0 Å². The van der Waals surface area contributed by atoms with Crippen LogP contribution >= 0.6 is 7.60 Å². The van der Waals surface area contributed by atoms with E-state index in [1.807, 2.05) is 24.3 Å². The van der Waals surface area contributed by atoms with Crippen molar-refractivity contribution < 1.29 is 26.8 Å². The molecule has 0 amide bonds. The predicted octanol–water partition coefficient (Wildman–Crippen LogP) is 7.34. The highest BCUT2D eigenvalue weighted by atomic mass is 31.2. The van der Waals surface area contributed by atoms with E-state index < -0.39 is 37.3 Å². The minimum Gasteiger partial charge on any atom is -0.368 e. The maximum absolute atomic E-state index is 14.0. The van der Waals surface area contributed by atoms with Gasteiger partial charge in [0.2, 0.25) is 0 Å². The van der Waals surface area contributed by atoms with Gasteiger partial charge in [-0.15, -0.1) is 0 Å². The standard InChI is InChI=1S/C22H26F3N2O3P/c1-14(2)29-31(28,30-15(3)4)21(19-13-26-20-11-6-5-10-18(19)20)27-17-9-7-8-16(12-17)22(23,24)25/h5-15,21,26-27H,1-4H3. The molecule has 0 aliphatic heterocycles. The molecule has 1 heterocycles. The van der Waals surface area contributed by atoms with E-state index in [1.165, 1.54) is 12.1 Å². The number of hydrogen-bond acceptors (Lipinski definition) is 4. The van der Waals surface area contributed by atoms with Crippen LogP contribution in [0.25, 0.3) is 10.9 Å². The molecule has 1 aromatic heterocycles. The topological polar surface area (TPSA) is 63.4 Å². The number of halogens is 3. The van der Waals surface area contributed by atoms with E-state index in [4.69, 9.17) is 9.05 Å². The van der Waals surface area contributed by atoms with Crippen LogP contribution in [-0.4, -0.2) is 17.2 Å². The number of para-hydroxylation sites is 1. The maximum atomic E-state index is 14.0. The summed E-state index contributed by atoms with van der Waals surface area (Å²) >= 11 is 0. The molecule has 2 N–H and O–H groups in total. The van der Waals surface area contributed by atoms with Crippen LogP contribution in [0.3, 0.4) is 0 Å². The summed E-state index contributed by atoms with van der Waals surface area (Å²) in [6.07, 6.45) is -3.68. The molecule has 168 valence electrons. The van der Waals surface area contributed by atoms with Crippen molar-refractivity contribution in [1.29, 1.82) is 0 Å². The van der Waals surface area contributed by atoms with Gasteiger partial charge in [0, 0.05) is 28.4 Å². The monoisotopic (exact) mass is 454 g/mol. The molecule has 0 saturated heterocycles. The second kappa shape index (κ2) is 9.07. The van der Waals surface area contributed by atoms with E-state index in [0.29, 0.717) is 5.56 Å². The SMILES string of the molecule is CC(C)OP(=O)(OC(C)C)C(Nc1cccc(C(F)(F)F)c1)c1c[nH]c2ccccc12. The Morgan fingerprint density at radius 1 is 0.968 bits per heavy atom. The first kappa shape index (κ1) is 23.4. The summed E-state index contributed by atoms with van der Waals surface area (Å²) in [5.74, 6) is -1.03. The number of hydrogen-bond donors (Lipinski definition) is 2. The Balaban J connectivity index is 2.13. The van der Waals surface area contributed by atoms with Crippen LogP contribution < -0.4 is 5.32 Å². The van der Waals surface area contributed by atoms with Crippen LogP contribution in [0.15, 0.2) is 54.7 Å². The molecule has 1 atom stereocenters. The van der Waals surface area contributed by atoms with Gasteiger partial charge in [0.25, 0.3) is 0 Å². The number of H-pyrrole nitrogens is 1. The summed E-state index contributed by atoms with van der Waals surface area (Å²) in [4.78, 5) is 3.12. The van der Waals surface area contributed by atoms with Crippen LogP contribution in [-0.2, 0) is 19.8 Å². The third-order valence-electron chi connectivity index (χ3n) is 4.44. The molecular weight excluding hydrogens is 428 g/mol. The normalized spacial score (nSPS) is 13.8. The molecule has 3 rings (SSSR count). The summed E-state index contributed by atoms with van der Waals surface area (Å²) in [5.41, 5.74) is 0.733. The van der Waals surface area contributed by atoms with Gasteiger partial charge in [-0.1, -0.05) is 24.3 Å². The molecule has 5 nitrogen and oxygen atoms in total. The van der Waals surface area contributed by atoms with Crippen molar-refractivity contribution in [2.75, 3.05) is 5.32 Å². The molecule has 0 spiro atoms. The van der Waals surface area contributed by atoms with Gasteiger partial charge in [0.15, 0.2) is 5.78 Å². The first-order valence-corrected chi connectivity index (χ1v) is 11.6. The fraction of sp³-hybridized carbons (Fsp3) is 0.364. The number of nitrogens with one attached hydrogen (secondary N) is 2. The number of aromatic amines is 1. The van der Waals surface area contributed by atoms with Crippen LogP contribution in [0.1, 0.15) is 44.6 Å². The van der Waals surface area contributed by atoms with Crippen molar-refractivity contribution in [2.24, 2.45) is 0 Å². The Morgan fingerprint density at radius 2 is 1.61 bits per heavy atom. The fourth-order valence-corrected chi connectivity index (χ4v) is 5.65. The Bertz CT molecular complexity index is 1070. The summed E-state index contributed by atoms with van der Waals surface area (Å²) in [5, 5.41) is 3.77. The second-order valence-electron chi connectivity index (χ2n) is 7.76. The largest absolute Gasteiger partial charge is 0.416 e. The average molecular weight is 454 g/mol. The van der Waals surface area contributed by atoms with Crippen LogP contribution in [0.2, 0.25) is 0 Å². The quantitative estimate of drug-likeness (QED) is 0.350. The molecule has 0 radical (unpaired) electrons. The van der Waals surface area contributed by atoms with E-state index in [1.54, 1.807) is 33.9 Å². The molecule has 31 heavy (non-hydrogen) atoms. The summed E-state index contributed by atoms with van der Waals surface area (Å²) < 4.78 is 65.3. The highest BCUT2D eigenvalue weighted by Gasteiger charge is 2.41. The van der Waals surface area contributed by atoms with Gasteiger partial charge < -0.3 is 19.3 Å². The van der Waals surface area contributed by atoms with E-state index in [-0.39, 0.29) is 5.69 Å². The molecule has 0 aliphatic carbocycles. The van der Waals surface area contributed by atoms with Gasteiger partial charge >= 0.3 is 13.8 Å². The first-order valence-electron chi connectivity index (χ1n) is 9.96. The van der Waals surface area contributed by atoms with Crippen molar-refractivity contribution in [3.05, 3.63) is 65.9 Å². The zero-order chi connectivity index (χ0) is 22.8. The lowest BCUT2D eigenvalue weighted by molar-refractivity contribution is -0.137. The summed E-state index contributed by atoms with van der Waals surface area (Å²) in [7, 11) is -3.87. The molecule has 0 fully saturated rings. The Hall–Kier alpha value is -2.28. The van der Waals surface area contributed by atoms with Crippen molar-refractivity contribution in [3.63, 3.8) is 0 Å². The Labute approximate surface area is 179 Å². The lowest BCUT2D eigenvalue weighted by atomic mass is 10.1. The maximum Gasteiger partial charge on any atom is 0.416 e. The number of aromatic nitrogens is 1. The van der Waals surface area contributed by atoms with Crippen LogP contribution in [0.5, 0.6) is 0 Å². The van der Waals surface area contributed by atoms with Gasteiger partial charge in [-0.3, -0.25) is 4.57 Å². The minimum absolute atomic E-state index is 0.157. The number of rotatable bonds is 8. The molecule has 9 heteroatoms. The molecule has 1 unspecified atom stereocenters. The molecular formula is C22H26F3N2O3P. The third kappa shape index (κ3) is 5.50. The molecule has 3 aromatic rings. The van der Waals surface area contributed by atoms with Crippen molar-refractivity contribution in [1.82, 2.24) is 4.98 Å². The predicted molar refractivity (Wildman–Crippen MR) is 116 cm³/mol. The lowest BCUT2D eigenvalue weighted by Crippen LogP contribution is -2.19. The van der Waals surface area contributed by atoms with E-state index in [2.05, 4.69) is 10.3 Å². The summed E-state index contributed by atoms with van der Waals surface area (Å²) in [6.45, 7) is 6.92. The van der Waals surface area contributed by atoms with Crippen LogP contribution in [0.4, 0.5) is 18.9 Å². The van der Waals surface area contributed by atoms with E-state index in [0.717, 1.165) is 23.0 Å². The average Bonchev–Trinajstić information content (AvgIpc) is 3.08. The summed E-state index contributed by atoms with van der Waals surface area (Å²) in [6, 6.07) is 12.2. The number of alkyl halides is 3. The lowest BCUT2D eigenvalue weighted by Gasteiger charge is -2.31. The van der Waals surface area contributed by atoms with E-state index in [9.17, 15) is 17.7 Å². The smallest absolute Gasteiger partial charge is 0.368 e. The number of benzene rings is 2. The van der Waals surface area contributed by atoms with E-state index >= 15 is 0 Å². The zero-order valence-electron chi connectivity index (χ0n) is 17.7. The Morgan fingerprint density at radius 3 is 2.23 bits per heavy atom. The van der Waals surface area contributed by atoms with Crippen molar-refractivity contribution in [3.8, 4) is 0 Å². The van der Waals surface area contributed by atoms with Gasteiger partial charge in [0.05, 0.1) is 17.8 Å². The number of fused-ring (bicyclic) bond motifs is 1. The van der Waals surface area contributed by atoms with Crippen molar-refractivity contribution >= 4 is 24.2 Å². The first-order chi connectivity index (χ1) is 14.5. The molecule has 0 aliphatic rings. The highest BCUT2D eigenvalue weighted by Crippen LogP contribution is 2.63. The number of anilines is 1.